The molecule has 0 saturated heterocycles. The van der Waals surface area contributed by atoms with Gasteiger partial charge in [-0.3, -0.25) is 9.59 Å². The van der Waals surface area contributed by atoms with Gasteiger partial charge in [0, 0.05) is 6.07 Å². The molecule has 4 nitrogen and oxygen atoms in total. The first-order valence-corrected chi connectivity index (χ1v) is 6.02. The van der Waals surface area contributed by atoms with Gasteiger partial charge in [0.2, 0.25) is 5.78 Å². The summed E-state index contributed by atoms with van der Waals surface area (Å²) in [6, 6.07) is 14.0. The van der Waals surface area contributed by atoms with Gasteiger partial charge in [0.25, 0.3) is 0 Å². The van der Waals surface area contributed by atoms with E-state index in [1.807, 2.05) is 0 Å². The van der Waals surface area contributed by atoms with Gasteiger partial charge >= 0.3 is 0 Å². The summed E-state index contributed by atoms with van der Waals surface area (Å²) in [7, 11) is 0. The average molecular weight is 266 g/mol. The lowest BCUT2D eigenvalue weighted by Gasteiger charge is -2.04. The van der Waals surface area contributed by atoms with Gasteiger partial charge < -0.3 is 9.52 Å². The molecule has 1 heterocycles. The number of phenols is 1. The van der Waals surface area contributed by atoms with E-state index < -0.39 is 5.78 Å². The summed E-state index contributed by atoms with van der Waals surface area (Å²) in [4.78, 5) is 24.2. The van der Waals surface area contributed by atoms with Crippen LogP contribution in [-0.2, 0) is 0 Å². The number of benzene rings is 2. The van der Waals surface area contributed by atoms with Crippen LogP contribution in [0, 0.1) is 0 Å². The van der Waals surface area contributed by atoms with Crippen LogP contribution in [0.1, 0.15) is 16.1 Å². The van der Waals surface area contributed by atoms with Crippen molar-refractivity contribution in [2.75, 3.05) is 0 Å². The maximum atomic E-state index is 12.3. The quantitative estimate of drug-likeness (QED) is 0.724. The first-order chi connectivity index (χ1) is 9.66. The molecule has 1 aromatic heterocycles. The molecule has 0 radical (unpaired) electrons. The largest absolute Gasteiger partial charge is 0.507 e. The van der Waals surface area contributed by atoms with Crippen LogP contribution in [0.5, 0.6) is 5.75 Å². The third kappa shape index (κ3) is 1.97. The Morgan fingerprint density at radius 2 is 1.70 bits per heavy atom. The fraction of sp³-hybridized carbons (Fsp3) is 0. The summed E-state index contributed by atoms with van der Waals surface area (Å²) in [5.74, 6) is -0.755. The number of carbonyl (C=O) groups is 1. The molecule has 2 aromatic carbocycles. The molecule has 0 bridgehead atoms. The summed E-state index contributed by atoms with van der Waals surface area (Å²) >= 11 is 0. The summed E-state index contributed by atoms with van der Waals surface area (Å²) in [6.07, 6.45) is 0. The van der Waals surface area contributed by atoms with Crippen LogP contribution in [0.15, 0.2) is 63.8 Å². The van der Waals surface area contributed by atoms with E-state index in [9.17, 15) is 14.7 Å². The lowest BCUT2D eigenvalue weighted by molar-refractivity contribution is 0.101. The maximum Gasteiger partial charge on any atom is 0.232 e. The predicted octanol–water partition coefficient (Wildman–Crippen LogP) is 2.73. The van der Waals surface area contributed by atoms with Gasteiger partial charge in [0.15, 0.2) is 11.2 Å². The van der Waals surface area contributed by atoms with Gasteiger partial charge in [-0.05, 0) is 24.3 Å². The number of aromatic hydroxyl groups is 1. The maximum absolute atomic E-state index is 12.3. The molecule has 0 saturated carbocycles. The van der Waals surface area contributed by atoms with Gasteiger partial charge in [-0.1, -0.05) is 24.3 Å². The number of hydrogen-bond donors (Lipinski definition) is 1. The summed E-state index contributed by atoms with van der Waals surface area (Å²) in [5, 5.41) is 10.1. The van der Waals surface area contributed by atoms with E-state index >= 15 is 0 Å². The van der Waals surface area contributed by atoms with Gasteiger partial charge in [0.1, 0.15) is 11.3 Å². The standard InChI is InChI=1S/C16H10O4/c17-12-7-3-1-6-11(12)16(19)15-9-13(18)10-5-2-4-8-14(10)20-15/h1-9,17H. The molecule has 3 rings (SSSR count). The van der Waals surface area contributed by atoms with Crippen molar-refractivity contribution in [3.8, 4) is 5.75 Å². The monoisotopic (exact) mass is 266 g/mol. The molecule has 0 spiro atoms. The fourth-order valence-electron chi connectivity index (χ4n) is 2.01. The van der Waals surface area contributed by atoms with Gasteiger partial charge in [-0.15, -0.1) is 0 Å². The Morgan fingerprint density at radius 3 is 2.50 bits per heavy atom. The molecule has 0 aliphatic carbocycles. The zero-order valence-electron chi connectivity index (χ0n) is 10.4. The zero-order chi connectivity index (χ0) is 14.1. The van der Waals surface area contributed by atoms with Crippen molar-refractivity contribution >= 4 is 16.8 Å². The summed E-state index contributed by atoms with van der Waals surface area (Å²) in [6.45, 7) is 0. The molecule has 20 heavy (non-hydrogen) atoms. The van der Waals surface area contributed by atoms with Crippen LogP contribution in [0.3, 0.4) is 0 Å². The van der Waals surface area contributed by atoms with Crippen LogP contribution < -0.4 is 5.43 Å². The number of fused-ring (bicyclic) bond motifs is 1. The topological polar surface area (TPSA) is 67.5 Å². The minimum atomic E-state index is -0.522. The van der Waals surface area contributed by atoms with Gasteiger partial charge in [-0.2, -0.15) is 0 Å². The minimum absolute atomic E-state index is 0.0878. The molecular formula is C16H10O4. The average Bonchev–Trinajstić information content (AvgIpc) is 2.47. The zero-order valence-corrected chi connectivity index (χ0v) is 10.4. The van der Waals surface area contributed by atoms with Crippen LogP contribution in [0.25, 0.3) is 11.0 Å². The van der Waals surface area contributed by atoms with E-state index in [4.69, 9.17) is 4.42 Å². The molecule has 0 atom stereocenters. The normalized spacial score (nSPS) is 10.6. The van der Waals surface area contributed by atoms with Crippen LogP contribution >= 0.6 is 0 Å². The lowest BCUT2D eigenvalue weighted by atomic mass is 10.1. The van der Waals surface area contributed by atoms with Crippen molar-refractivity contribution in [1.82, 2.24) is 0 Å². The Balaban J connectivity index is 2.18. The Bertz CT molecular complexity index is 861. The Morgan fingerprint density at radius 1 is 1.00 bits per heavy atom. The fourth-order valence-corrected chi connectivity index (χ4v) is 2.01. The Hall–Kier alpha value is -2.88. The molecule has 4 heteroatoms. The lowest BCUT2D eigenvalue weighted by Crippen LogP contribution is -2.08. The molecule has 0 fully saturated rings. The Kier molecular flexibility index (Phi) is 2.84. The molecule has 3 aromatic rings. The van der Waals surface area contributed by atoms with Crippen molar-refractivity contribution in [2.45, 2.75) is 0 Å². The molecule has 98 valence electrons. The molecular weight excluding hydrogens is 256 g/mol. The molecule has 0 unspecified atom stereocenters. The molecule has 1 N–H and O–H groups in total. The SMILES string of the molecule is O=C(c1cc(=O)c2ccccc2o1)c1ccccc1O. The van der Waals surface area contributed by atoms with E-state index in [0.29, 0.717) is 11.0 Å². The highest BCUT2D eigenvalue weighted by Crippen LogP contribution is 2.21. The number of rotatable bonds is 2. The van der Waals surface area contributed by atoms with Gasteiger partial charge in [-0.25, -0.2) is 0 Å². The number of carbonyl (C=O) groups excluding carboxylic acids is 1. The van der Waals surface area contributed by atoms with Crippen LogP contribution in [0.4, 0.5) is 0 Å². The number of phenolic OH excluding ortho intramolecular Hbond substituents is 1. The van der Waals surface area contributed by atoms with Crippen LogP contribution in [-0.4, -0.2) is 10.9 Å². The van der Waals surface area contributed by atoms with Crippen molar-refractivity contribution in [1.29, 1.82) is 0 Å². The molecule has 0 aliphatic heterocycles. The number of ketones is 1. The molecule has 0 amide bonds. The second-order valence-electron chi connectivity index (χ2n) is 4.32. The van der Waals surface area contributed by atoms with Crippen molar-refractivity contribution < 1.29 is 14.3 Å². The number of para-hydroxylation sites is 2. The third-order valence-electron chi connectivity index (χ3n) is 3.01. The van der Waals surface area contributed by atoms with E-state index in [0.717, 1.165) is 6.07 Å². The summed E-state index contributed by atoms with van der Waals surface area (Å²) < 4.78 is 5.45. The van der Waals surface area contributed by atoms with Gasteiger partial charge in [0.05, 0.1) is 10.9 Å². The van der Waals surface area contributed by atoms with E-state index in [-0.39, 0.29) is 22.5 Å². The highest BCUT2D eigenvalue weighted by Gasteiger charge is 2.17. The minimum Gasteiger partial charge on any atom is -0.507 e. The highest BCUT2D eigenvalue weighted by molar-refractivity contribution is 6.09. The Labute approximate surface area is 113 Å². The predicted molar refractivity (Wildman–Crippen MR) is 74.0 cm³/mol. The third-order valence-corrected chi connectivity index (χ3v) is 3.01. The smallest absolute Gasteiger partial charge is 0.232 e. The van der Waals surface area contributed by atoms with Crippen LogP contribution in [0.2, 0.25) is 0 Å². The second kappa shape index (κ2) is 4.66. The van der Waals surface area contributed by atoms with Crippen molar-refractivity contribution in [3.05, 3.63) is 76.1 Å². The van der Waals surface area contributed by atoms with E-state index in [1.165, 1.54) is 12.1 Å². The first kappa shape index (κ1) is 12.2. The van der Waals surface area contributed by atoms with Crippen molar-refractivity contribution in [2.24, 2.45) is 0 Å². The highest BCUT2D eigenvalue weighted by atomic mass is 16.3. The van der Waals surface area contributed by atoms with E-state index in [2.05, 4.69) is 0 Å². The van der Waals surface area contributed by atoms with Crippen molar-refractivity contribution in [3.63, 3.8) is 0 Å². The number of hydrogen-bond acceptors (Lipinski definition) is 4. The second-order valence-corrected chi connectivity index (χ2v) is 4.32. The van der Waals surface area contributed by atoms with E-state index in [1.54, 1.807) is 36.4 Å². The summed E-state index contributed by atoms with van der Waals surface area (Å²) in [5.41, 5.74) is 0.162. The first-order valence-electron chi connectivity index (χ1n) is 6.02. The molecule has 0 aliphatic rings.